The van der Waals surface area contributed by atoms with E-state index in [-0.39, 0.29) is 11.4 Å². The van der Waals surface area contributed by atoms with Gasteiger partial charge in [-0.1, -0.05) is 30.3 Å². The lowest BCUT2D eigenvalue weighted by Gasteiger charge is -2.35. The molecule has 0 unspecified atom stereocenters. The number of aromatic amines is 1. The highest BCUT2D eigenvalue weighted by atomic mass is 32.1. The highest BCUT2D eigenvalue weighted by Crippen LogP contribution is 2.31. The molecule has 0 amide bonds. The number of halogens is 1. The zero-order chi connectivity index (χ0) is 20.5. The molecule has 0 atom stereocenters. The normalized spacial score (nSPS) is 15.0. The van der Waals surface area contributed by atoms with Crippen LogP contribution in [0.1, 0.15) is 5.82 Å². The number of aromatic nitrogens is 2. The number of para-hydroxylation sites is 1. The maximum atomic E-state index is 13.2. The average molecular weight is 421 g/mol. The van der Waals surface area contributed by atoms with Gasteiger partial charge in [0, 0.05) is 36.7 Å². The van der Waals surface area contributed by atoms with Gasteiger partial charge in [0.25, 0.3) is 5.56 Å². The summed E-state index contributed by atoms with van der Waals surface area (Å²) in [6.07, 6.45) is 0. The molecule has 0 radical (unpaired) electrons. The Morgan fingerprint density at radius 3 is 2.47 bits per heavy atom. The first-order chi connectivity index (χ1) is 14.7. The summed E-state index contributed by atoms with van der Waals surface area (Å²) in [6.45, 7) is 4.35. The largest absolute Gasteiger partial charge is 0.369 e. The van der Waals surface area contributed by atoms with Crippen LogP contribution in [0.5, 0.6) is 0 Å². The number of benzene rings is 2. The number of hydrogen-bond acceptors (Lipinski definition) is 5. The van der Waals surface area contributed by atoms with E-state index in [1.54, 1.807) is 12.1 Å². The van der Waals surface area contributed by atoms with Crippen molar-refractivity contribution in [1.29, 1.82) is 0 Å². The van der Waals surface area contributed by atoms with Crippen molar-refractivity contribution in [3.05, 3.63) is 82.7 Å². The van der Waals surface area contributed by atoms with Crippen LogP contribution in [0.3, 0.4) is 0 Å². The lowest BCUT2D eigenvalue weighted by atomic mass is 10.2. The zero-order valence-corrected chi connectivity index (χ0v) is 17.2. The van der Waals surface area contributed by atoms with Crippen molar-refractivity contribution in [3.63, 3.8) is 0 Å². The lowest BCUT2D eigenvalue weighted by Crippen LogP contribution is -2.46. The molecule has 1 saturated heterocycles. The first-order valence-electron chi connectivity index (χ1n) is 9.97. The minimum Gasteiger partial charge on any atom is -0.369 e. The molecule has 0 aliphatic carbocycles. The smallest absolute Gasteiger partial charge is 0.268 e. The number of hydrogen-bond donors (Lipinski definition) is 1. The molecule has 0 spiro atoms. The van der Waals surface area contributed by atoms with Gasteiger partial charge in [-0.05, 0) is 35.9 Å². The Morgan fingerprint density at radius 2 is 1.73 bits per heavy atom. The minimum absolute atomic E-state index is 0.115. The predicted octanol–water partition coefficient (Wildman–Crippen LogP) is 4.11. The Balaban J connectivity index is 1.32. The summed E-state index contributed by atoms with van der Waals surface area (Å²) in [5.74, 6) is 0.412. The van der Waals surface area contributed by atoms with Crippen molar-refractivity contribution in [1.82, 2.24) is 14.9 Å². The van der Waals surface area contributed by atoms with E-state index < -0.39 is 0 Å². The van der Waals surface area contributed by atoms with E-state index in [1.807, 2.05) is 12.1 Å². The molecule has 0 bridgehead atoms. The van der Waals surface area contributed by atoms with Gasteiger partial charge in [-0.3, -0.25) is 9.69 Å². The molecule has 30 heavy (non-hydrogen) atoms. The Kier molecular flexibility index (Phi) is 5.06. The molecule has 7 heteroatoms. The van der Waals surface area contributed by atoms with E-state index in [0.717, 1.165) is 36.6 Å². The molecule has 1 N–H and O–H groups in total. The van der Waals surface area contributed by atoms with Crippen LogP contribution in [-0.4, -0.2) is 41.0 Å². The Morgan fingerprint density at radius 1 is 1.00 bits per heavy atom. The molecule has 2 aromatic heterocycles. The summed E-state index contributed by atoms with van der Waals surface area (Å²) < 4.78 is 13.8. The SMILES string of the molecule is O=c1[nH]c(CN2CCN(c3ccccc3)CC2)nc2cc(-c3ccc(F)cc3)sc12. The van der Waals surface area contributed by atoms with Gasteiger partial charge >= 0.3 is 0 Å². The molecule has 1 aliphatic rings. The van der Waals surface area contributed by atoms with Crippen molar-refractivity contribution in [3.8, 4) is 10.4 Å². The van der Waals surface area contributed by atoms with Crippen molar-refractivity contribution in [2.75, 3.05) is 31.1 Å². The Hall–Kier alpha value is -3.03. The fourth-order valence-corrected chi connectivity index (χ4v) is 4.83. The summed E-state index contributed by atoms with van der Waals surface area (Å²) in [4.78, 5) is 25.9. The summed E-state index contributed by atoms with van der Waals surface area (Å²) in [6, 6.07) is 18.6. The molecule has 152 valence electrons. The van der Waals surface area contributed by atoms with E-state index in [2.05, 4.69) is 39.0 Å². The maximum absolute atomic E-state index is 13.2. The van der Waals surface area contributed by atoms with Crippen LogP contribution in [-0.2, 0) is 6.54 Å². The van der Waals surface area contributed by atoms with E-state index in [1.165, 1.54) is 29.2 Å². The van der Waals surface area contributed by atoms with Gasteiger partial charge in [-0.25, -0.2) is 9.37 Å². The van der Waals surface area contributed by atoms with Crippen LogP contribution in [0.25, 0.3) is 20.7 Å². The molecular formula is C23H21FN4OS. The molecule has 2 aromatic carbocycles. The first kappa shape index (κ1) is 19.0. The van der Waals surface area contributed by atoms with Gasteiger partial charge in [0.15, 0.2) is 0 Å². The van der Waals surface area contributed by atoms with Crippen molar-refractivity contribution >= 4 is 27.2 Å². The standard InChI is InChI=1S/C23H21FN4OS/c24-17-8-6-16(7-9-17)20-14-19-22(30-20)23(29)26-21(25-19)15-27-10-12-28(13-11-27)18-4-2-1-3-5-18/h1-9,14H,10-13,15H2,(H,25,26,29). The van der Waals surface area contributed by atoms with Gasteiger partial charge < -0.3 is 9.88 Å². The number of nitrogens with one attached hydrogen (secondary N) is 1. The van der Waals surface area contributed by atoms with Crippen LogP contribution >= 0.6 is 11.3 Å². The van der Waals surface area contributed by atoms with Crippen LogP contribution < -0.4 is 10.5 Å². The van der Waals surface area contributed by atoms with Gasteiger partial charge in [-0.15, -0.1) is 11.3 Å². The second-order valence-electron chi connectivity index (χ2n) is 7.44. The number of piperazine rings is 1. The Bertz CT molecular complexity index is 1210. The third-order valence-corrected chi connectivity index (χ3v) is 6.60. The zero-order valence-electron chi connectivity index (χ0n) is 16.3. The number of rotatable bonds is 4. The number of thiophene rings is 1. The molecule has 4 aromatic rings. The van der Waals surface area contributed by atoms with Crippen molar-refractivity contribution in [2.45, 2.75) is 6.54 Å². The second-order valence-corrected chi connectivity index (χ2v) is 8.50. The first-order valence-corrected chi connectivity index (χ1v) is 10.8. The van der Waals surface area contributed by atoms with Crippen LogP contribution in [0.15, 0.2) is 65.5 Å². The van der Waals surface area contributed by atoms with Gasteiger partial charge in [0.1, 0.15) is 16.3 Å². The summed E-state index contributed by atoms with van der Waals surface area (Å²) >= 11 is 1.39. The summed E-state index contributed by atoms with van der Waals surface area (Å²) in [5, 5.41) is 0. The monoisotopic (exact) mass is 420 g/mol. The number of fused-ring (bicyclic) bond motifs is 1. The molecule has 1 aliphatic heterocycles. The molecule has 3 heterocycles. The lowest BCUT2D eigenvalue weighted by molar-refractivity contribution is 0.244. The highest BCUT2D eigenvalue weighted by Gasteiger charge is 2.19. The fourth-order valence-electron chi connectivity index (χ4n) is 3.83. The average Bonchev–Trinajstić information content (AvgIpc) is 3.20. The van der Waals surface area contributed by atoms with E-state index in [9.17, 15) is 9.18 Å². The number of anilines is 1. The van der Waals surface area contributed by atoms with Crippen molar-refractivity contribution < 1.29 is 4.39 Å². The molecule has 5 nitrogen and oxygen atoms in total. The molecule has 1 fully saturated rings. The predicted molar refractivity (Wildman–Crippen MR) is 120 cm³/mol. The van der Waals surface area contributed by atoms with Gasteiger partial charge in [0.2, 0.25) is 0 Å². The highest BCUT2D eigenvalue weighted by molar-refractivity contribution is 7.22. The second kappa shape index (κ2) is 8.01. The van der Waals surface area contributed by atoms with E-state index in [0.29, 0.717) is 22.6 Å². The topological polar surface area (TPSA) is 52.2 Å². The maximum Gasteiger partial charge on any atom is 0.268 e. The fraction of sp³-hybridized carbons (Fsp3) is 0.217. The molecular weight excluding hydrogens is 399 g/mol. The molecule has 5 rings (SSSR count). The van der Waals surface area contributed by atoms with Crippen LogP contribution in [0.2, 0.25) is 0 Å². The van der Waals surface area contributed by atoms with Gasteiger partial charge in [0.05, 0.1) is 12.1 Å². The van der Waals surface area contributed by atoms with Crippen molar-refractivity contribution in [2.24, 2.45) is 0 Å². The number of H-pyrrole nitrogens is 1. The van der Waals surface area contributed by atoms with E-state index in [4.69, 9.17) is 4.98 Å². The minimum atomic E-state index is -0.273. The third kappa shape index (κ3) is 3.86. The summed E-state index contributed by atoms with van der Waals surface area (Å²) in [5.41, 5.74) is 2.71. The molecule has 0 saturated carbocycles. The van der Waals surface area contributed by atoms with Crippen LogP contribution in [0.4, 0.5) is 10.1 Å². The van der Waals surface area contributed by atoms with E-state index >= 15 is 0 Å². The Labute approximate surface area is 177 Å². The quantitative estimate of drug-likeness (QED) is 0.540. The third-order valence-electron chi connectivity index (χ3n) is 5.43. The summed E-state index contributed by atoms with van der Waals surface area (Å²) in [7, 11) is 0. The van der Waals surface area contributed by atoms with Crippen LogP contribution in [0, 0.1) is 5.82 Å². The number of nitrogens with zero attached hydrogens (tertiary/aromatic N) is 3. The van der Waals surface area contributed by atoms with Gasteiger partial charge in [-0.2, -0.15) is 0 Å².